The predicted molar refractivity (Wildman–Crippen MR) is 162 cm³/mol. The molecule has 3 aromatic rings. The molecular formula is C31H36ClN3O6S. The van der Waals surface area contributed by atoms with Crippen LogP contribution < -0.4 is 10.1 Å². The van der Waals surface area contributed by atoms with Crippen molar-refractivity contribution >= 4 is 39.1 Å². The second-order valence-electron chi connectivity index (χ2n) is 10.7. The minimum Gasteiger partial charge on any atom is -0.488 e. The average Bonchev–Trinajstić information content (AvgIpc) is 3.00. The van der Waals surface area contributed by atoms with Gasteiger partial charge in [-0.3, -0.25) is 9.59 Å². The summed E-state index contributed by atoms with van der Waals surface area (Å²) in [6.07, 6.45) is -0.447. The van der Waals surface area contributed by atoms with E-state index in [0.29, 0.717) is 22.0 Å². The third-order valence-electron chi connectivity index (χ3n) is 7.37. The van der Waals surface area contributed by atoms with Crippen LogP contribution in [0.15, 0.2) is 77.7 Å². The largest absolute Gasteiger partial charge is 0.488 e. The quantitative estimate of drug-likeness (QED) is 0.377. The van der Waals surface area contributed by atoms with Crippen LogP contribution in [-0.4, -0.2) is 73.4 Å². The fraction of sp³-hybridized carbons (Fsp3) is 0.355. The molecule has 1 aliphatic heterocycles. The number of fused-ring (bicyclic) bond motifs is 1. The van der Waals surface area contributed by atoms with Gasteiger partial charge in [0.15, 0.2) is 0 Å². The number of hydrogen-bond acceptors (Lipinski definition) is 6. The molecule has 1 aliphatic rings. The number of carbonyl (C=O) groups excluding carboxylic acids is 2. The number of hydrogen-bond donors (Lipinski definition) is 2. The zero-order valence-electron chi connectivity index (χ0n) is 23.9. The van der Waals surface area contributed by atoms with Crippen LogP contribution in [0.2, 0.25) is 5.02 Å². The predicted octanol–water partition coefficient (Wildman–Crippen LogP) is 3.99. The van der Waals surface area contributed by atoms with Crippen LogP contribution in [0.5, 0.6) is 5.75 Å². The van der Waals surface area contributed by atoms with Gasteiger partial charge in [0.25, 0.3) is 0 Å². The van der Waals surface area contributed by atoms with Crippen LogP contribution in [0, 0.1) is 5.92 Å². The van der Waals surface area contributed by atoms with E-state index in [1.165, 1.54) is 35.6 Å². The normalized spacial score (nSPS) is 18.3. The topological polar surface area (TPSA) is 116 Å². The maximum atomic E-state index is 13.5. The maximum Gasteiger partial charge on any atom is 0.242 e. The first-order valence-electron chi connectivity index (χ1n) is 13.7. The molecule has 1 heterocycles. The number of amides is 2. The second kappa shape index (κ2) is 13.7. The van der Waals surface area contributed by atoms with Crippen molar-refractivity contribution in [2.24, 2.45) is 5.92 Å². The monoisotopic (exact) mass is 613 g/mol. The molecule has 3 aromatic carbocycles. The van der Waals surface area contributed by atoms with Crippen molar-refractivity contribution in [3.8, 4) is 5.75 Å². The van der Waals surface area contributed by atoms with E-state index >= 15 is 0 Å². The second-order valence-corrected chi connectivity index (χ2v) is 13.1. The van der Waals surface area contributed by atoms with Gasteiger partial charge in [0, 0.05) is 35.8 Å². The Morgan fingerprint density at radius 3 is 2.50 bits per heavy atom. The molecule has 0 saturated heterocycles. The van der Waals surface area contributed by atoms with Gasteiger partial charge >= 0.3 is 0 Å². The number of carbonyl (C=O) groups is 2. The average molecular weight is 614 g/mol. The van der Waals surface area contributed by atoms with E-state index in [0.717, 1.165) is 5.56 Å². The van der Waals surface area contributed by atoms with Gasteiger partial charge in [-0.15, -0.1) is 0 Å². The van der Waals surface area contributed by atoms with Crippen LogP contribution in [0.3, 0.4) is 0 Å². The highest BCUT2D eigenvalue weighted by molar-refractivity contribution is 7.89. The Morgan fingerprint density at radius 2 is 1.83 bits per heavy atom. The summed E-state index contributed by atoms with van der Waals surface area (Å²) in [5.74, 6) is -0.268. The molecule has 0 fully saturated rings. The molecule has 0 saturated carbocycles. The Kier molecular flexibility index (Phi) is 10.3. The van der Waals surface area contributed by atoms with E-state index < -0.39 is 22.2 Å². The van der Waals surface area contributed by atoms with Crippen molar-refractivity contribution in [3.05, 3.63) is 88.9 Å². The zero-order valence-corrected chi connectivity index (χ0v) is 25.4. The van der Waals surface area contributed by atoms with Gasteiger partial charge in [0.2, 0.25) is 21.8 Å². The molecule has 0 bridgehead atoms. The number of halogens is 1. The Labute approximate surface area is 252 Å². The molecule has 4 rings (SSSR count). The third-order valence-corrected chi connectivity index (χ3v) is 9.46. The molecule has 0 aromatic heterocycles. The fourth-order valence-corrected chi connectivity index (χ4v) is 6.16. The molecular weight excluding hydrogens is 578 g/mol. The van der Waals surface area contributed by atoms with E-state index in [-0.39, 0.29) is 55.2 Å². The minimum absolute atomic E-state index is 0.0106. The lowest BCUT2D eigenvalue weighted by Crippen LogP contribution is -2.48. The standard InChI is InChI=1S/C31H36ClN3O6S/c1-21-18-35(22(2)20-36)31(38)17-24-16-26(33-30(37)15-23-7-5-4-6-8-23)11-14-28(24)41-29(21)19-34(3)42(39,40)27-12-9-25(32)10-13-27/h4-14,16,21-22,29,36H,15,17-20H2,1-3H3,(H,33,37)/t21-,22-,29-/m1/s1. The smallest absolute Gasteiger partial charge is 0.242 e. The molecule has 224 valence electrons. The molecule has 42 heavy (non-hydrogen) atoms. The summed E-state index contributed by atoms with van der Waals surface area (Å²) < 4.78 is 34.3. The van der Waals surface area contributed by atoms with Crippen molar-refractivity contribution in [1.82, 2.24) is 9.21 Å². The lowest BCUT2D eigenvalue weighted by Gasteiger charge is -2.33. The number of nitrogens with one attached hydrogen (secondary N) is 1. The van der Waals surface area contributed by atoms with E-state index in [2.05, 4.69) is 5.32 Å². The van der Waals surface area contributed by atoms with E-state index in [1.807, 2.05) is 37.3 Å². The lowest BCUT2D eigenvalue weighted by molar-refractivity contribution is -0.134. The number of benzene rings is 3. The number of rotatable bonds is 9. The van der Waals surface area contributed by atoms with Crippen molar-refractivity contribution in [2.45, 2.75) is 43.7 Å². The molecule has 0 spiro atoms. The van der Waals surface area contributed by atoms with Gasteiger partial charge in [-0.2, -0.15) is 4.31 Å². The van der Waals surface area contributed by atoms with E-state index in [9.17, 15) is 23.1 Å². The molecule has 2 N–H and O–H groups in total. The first-order chi connectivity index (χ1) is 20.0. The SMILES string of the molecule is C[C@@H]1CN([C@H](C)CO)C(=O)Cc2cc(NC(=O)Cc3ccccc3)ccc2O[C@@H]1CN(C)S(=O)(=O)c1ccc(Cl)cc1. The van der Waals surface area contributed by atoms with Crippen LogP contribution >= 0.6 is 11.6 Å². The highest BCUT2D eigenvalue weighted by atomic mass is 35.5. The van der Waals surface area contributed by atoms with Crippen molar-refractivity contribution in [1.29, 1.82) is 0 Å². The fourth-order valence-electron chi connectivity index (χ4n) is 4.85. The summed E-state index contributed by atoms with van der Waals surface area (Å²) in [5.41, 5.74) is 1.94. The van der Waals surface area contributed by atoms with Crippen LogP contribution in [0.1, 0.15) is 25.0 Å². The highest BCUT2D eigenvalue weighted by Crippen LogP contribution is 2.30. The number of aliphatic hydroxyl groups is 1. The summed E-state index contributed by atoms with van der Waals surface area (Å²) in [4.78, 5) is 27.9. The highest BCUT2D eigenvalue weighted by Gasteiger charge is 2.33. The van der Waals surface area contributed by atoms with Gasteiger partial charge in [0.05, 0.1) is 36.9 Å². The van der Waals surface area contributed by atoms with Crippen LogP contribution in [0.25, 0.3) is 0 Å². The van der Waals surface area contributed by atoms with Gasteiger partial charge < -0.3 is 20.1 Å². The molecule has 9 nitrogen and oxygen atoms in total. The number of anilines is 1. The first kappa shape index (κ1) is 31.5. The van der Waals surface area contributed by atoms with Gasteiger partial charge in [0.1, 0.15) is 11.9 Å². The summed E-state index contributed by atoms with van der Waals surface area (Å²) in [5, 5.41) is 13.2. The minimum atomic E-state index is -3.85. The van der Waals surface area contributed by atoms with E-state index in [1.54, 1.807) is 30.0 Å². The van der Waals surface area contributed by atoms with Crippen molar-refractivity contribution in [3.63, 3.8) is 0 Å². The van der Waals surface area contributed by atoms with Crippen LogP contribution in [0.4, 0.5) is 5.69 Å². The van der Waals surface area contributed by atoms with Gasteiger partial charge in [-0.1, -0.05) is 48.9 Å². The molecule has 3 atom stereocenters. The number of nitrogens with zero attached hydrogens (tertiary/aromatic N) is 2. The molecule has 0 unspecified atom stereocenters. The Morgan fingerprint density at radius 1 is 1.14 bits per heavy atom. The molecule has 0 radical (unpaired) electrons. The first-order valence-corrected chi connectivity index (χ1v) is 15.5. The Balaban J connectivity index is 1.62. The number of ether oxygens (including phenoxy) is 1. The maximum absolute atomic E-state index is 13.5. The molecule has 2 amide bonds. The van der Waals surface area contributed by atoms with Gasteiger partial charge in [-0.05, 0) is 55.0 Å². The summed E-state index contributed by atoms with van der Waals surface area (Å²) >= 11 is 5.95. The van der Waals surface area contributed by atoms with Gasteiger partial charge in [-0.25, -0.2) is 8.42 Å². The third kappa shape index (κ3) is 7.69. The zero-order chi connectivity index (χ0) is 30.4. The lowest BCUT2D eigenvalue weighted by atomic mass is 10.0. The number of aliphatic hydroxyl groups excluding tert-OH is 1. The molecule has 0 aliphatic carbocycles. The molecule has 11 heteroatoms. The number of sulfonamides is 1. The summed E-state index contributed by atoms with van der Waals surface area (Å²) in [6, 6.07) is 20.0. The van der Waals surface area contributed by atoms with Crippen molar-refractivity contribution < 1.29 is 27.9 Å². The van der Waals surface area contributed by atoms with Crippen LogP contribution in [-0.2, 0) is 32.5 Å². The summed E-state index contributed by atoms with van der Waals surface area (Å²) in [6.45, 7) is 3.69. The summed E-state index contributed by atoms with van der Waals surface area (Å²) in [7, 11) is -2.37. The number of likely N-dealkylation sites (N-methyl/N-ethyl adjacent to an activating group) is 1. The Bertz CT molecular complexity index is 1500. The Hall–Kier alpha value is -3.44. The van der Waals surface area contributed by atoms with E-state index in [4.69, 9.17) is 16.3 Å². The van der Waals surface area contributed by atoms with Crippen molar-refractivity contribution in [2.75, 3.05) is 32.1 Å².